The van der Waals surface area contributed by atoms with E-state index in [1.54, 1.807) is 19.1 Å². The van der Waals surface area contributed by atoms with E-state index in [1.807, 2.05) is 16.7 Å². The van der Waals surface area contributed by atoms with Crippen LogP contribution in [-0.4, -0.2) is 96.1 Å². The van der Waals surface area contributed by atoms with Crippen LogP contribution in [0.4, 0.5) is 32.3 Å². The van der Waals surface area contributed by atoms with E-state index in [4.69, 9.17) is 9.47 Å². The lowest BCUT2D eigenvalue weighted by molar-refractivity contribution is -0.385. The first kappa shape index (κ1) is 34.4. The van der Waals surface area contributed by atoms with E-state index >= 15 is 0 Å². The lowest BCUT2D eigenvalue weighted by Crippen LogP contribution is -2.74. The van der Waals surface area contributed by atoms with Crippen LogP contribution in [0.15, 0.2) is 36.4 Å². The van der Waals surface area contributed by atoms with Gasteiger partial charge in [0.25, 0.3) is 11.4 Å². The summed E-state index contributed by atoms with van der Waals surface area (Å²) >= 11 is 0. The SMILES string of the molecule is CC1CN2c3ccc([N+](=O)[O-])cc3CC3(C(=O)NC(=O)NC3=O)[C@@H]2CO1.CC1OCCN2c3ccc([N+](=O)[O-])cc3CC3(C(=O)NC(=O)NC3=O)[C@H]12. The van der Waals surface area contributed by atoms with Gasteiger partial charge in [0.15, 0.2) is 10.8 Å². The molecule has 6 aliphatic heterocycles. The number of fused-ring (bicyclic) bond motifs is 8. The highest BCUT2D eigenvalue weighted by Gasteiger charge is 2.63. The molecular weight excluding hydrogens is 688 g/mol. The van der Waals surface area contributed by atoms with Crippen LogP contribution in [0.5, 0.6) is 0 Å². The van der Waals surface area contributed by atoms with Gasteiger partial charge in [-0.15, -0.1) is 0 Å². The molecule has 52 heavy (non-hydrogen) atoms. The van der Waals surface area contributed by atoms with Crippen molar-refractivity contribution in [3.8, 4) is 0 Å². The number of nitro benzene ring substituents is 2. The Morgan fingerprint density at radius 1 is 0.712 bits per heavy atom. The maximum absolute atomic E-state index is 12.8. The lowest BCUT2D eigenvalue weighted by Gasteiger charge is -2.54. The van der Waals surface area contributed by atoms with Crippen molar-refractivity contribution in [2.24, 2.45) is 10.8 Å². The summed E-state index contributed by atoms with van der Waals surface area (Å²) in [4.78, 5) is 99.2. The molecule has 4 saturated heterocycles. The molecule has 0 aromatic heterocycles. The number of barbiturate groups is 2. The molecule has 4 fully saturated rings. The zero-order valence-electron chi connectivity index (χ0n) is 27.7. The first-order chi connectivity index (χ1) is 24.7. The molecule has 2 spiro atoms. The summed E-state index contributed by atoms with van der Waals surface area (Å²) < 4.78 is 11.4. The number of hydrogen-bond acceptors (Lipinski definition) is 14. The Morgan fingerprint density at radius 3 is 1.71 bits per heavy atom. The van der Waals surface area contributed by atoms with E-state index in [2.05, 4.69) is 21.3 Å². The van der Waals surface area contributed by atoms with Crippen molar-refractivity contribution in [3.63, 3.8) is 0 Å². The lowest BCUT2D eigenvalue weighted by atomic mass is 9.67. The van der Waals surface area contributed by atoms with Crippen molar-refractivity contribution in [1.29, 1.82) is 0 Å². The standard InChI is InChI=1S/2C16H16N4O6/c1-8-6-19-11-3-2-10(20(24)25)4-9(11)5-16(12(19)7-26-8)13(21)17-15(23)18-14(16)22;1-8-12-16(13(21)17-15(23)18-14(16)22)7-9-6-10(20(24)25)2-3-11(9)19(12)4-5-26-8/h2-4,8,12H,5-7H2,1H3,(H2,17,18,21,22,23);2-3,6,8,12H,4-5,7H2,1H3,(H2,17,18,21,22,23)/t2*8?,12-/m00/s1. The van der Waals surface area contributed by atoms with Gasteiger partial charge in [0.2, 0.25) is 23.6 Å². The van der Waals surface area contributed by atoms with Gasteiger partial charge in [0.1, 0.15) is 0 Å². The quantitative estimate of drug-likeness (QED) is 0.184. The maximum Gasteiger partial charge on any atom is 0.328 e. The molecule has 0 saturated carbocycles. The molecule has 0 aliphatic carbocycles. The normalized spacial score (nSPS) is 26.7. The average Bonchev–Trinajstić information content (AvgIpc) is 3.09. The Bertz CT molecular complexity index is 1890. The molecule has 0 radical (unpaired) electrons. The van der Waals surface area contributed by atoms with Crippen LogP contribution in [-0.2, 0) is 41.5 Å². The fourth-order valence-electron chi connectivity index (χ4n) is 8.29. The molecule has 2 unspecified atom stereocenters. The van der Waals surface area contributed by atoms with E-state index in [1.165, 1.54) is 24.3 Å². The van der Waals surface area contributed by atoms with Crippen molar-refractivity contribution in [2.75, 3.05) is 36.1 Å². The number of urea groups is 2. The average molecular weight is 721 g/mol. The first-order valence-corrected chi connectivity index (χ1v) is 16.3. The van der Waals surface area contributed by atoms with Crippen molar-refractivity contribution < 1.29 is 48.1 Å². The maximum atomic E-state index is 12.8. The van der Waals surface area contributed by atoms with Crippen LogP contribution >= 0.6 is 0 Å². The predicted molar refractivity (Wildman–Crippen MR) is 175 cm³/mol. The Kier molecular flexibility index (Phi) is 8.17. The second-order valence-corrected chi connectivity index (χ2v) is 13.4. The van der Waals surface area contributed by atoms with Gasteiger partial charge in [0.05, 0.1) is 47.4 Å². The van der Waals surface area contributed by atoms with E-state index in [-0.39, 0.29) is 36.9 Å². The van der Waals surface area contributed by atoms with Gasteiger partial charge in [-0.3, -0.25) is 60.7 Å². The predicted octanol–water partition coefficient (Wildman–Crippen LogP) is 0.194. The molecule has 20 heteroatoms. The number of benzene rings is 2. The molecule has 6 heterocycles. The van der Waals surface area contributed by atoms with Crippen LogP contribution in [0.25, 0.3) is 0 Å². The molecule has 6 aliphatic rings. The summed E-state index contributed by atoms with van der Waals surface area (Å²) in [5.41, 5.74) is -0.921. The second kappa shape index (κ2) is 12.3. The number of anilines is 2. The topological polar surface area (TPSA) is 262 Å². The molecule has 0 bridgehead atoms. The summed E-state index contributed by atoms with van der Waals surface area (Å²) in [7, 11) is 0. The summed E-state index contributed by atoms with van der Waals surface area (Å²) in [5, 5.41) is 30.9. The van der Waals surface area contributed by atoms with E-state index in [0.29, 0.717) is 30.8 Å². The van der Waals surface area contributed by atoms with E-state index in [0.717, 1.165) is 11.4 Å². The fourth-order valence-corrected chi connectivity index (χ4v) is 8.29. The second-order valence-electron chi connectivity index (χ2n) is 13.4. The zero-order valence-corrected chi connectivity index (χ0v) is 27.7. The van der Waals surface area contributed by atoms with Crippen LogP contribution < -0.4 is 31.1 Å². The van der Waals surface area contributed by atoms with Crippen LogP contribution in [0.1, 0.15) is 25.0 Å². The highest BCUT2D eigenvalue weighted by atomic mass is 16.6. The third-order valence-corrected chi connectivity index (χ3v) is 10.6. The highest BCUT2D eigenvalue weighted by molar-refractivity contribution is 6.21. The fraction of sp³-hybridized carbons (Fsp3) is 0.438. The number of morpholine rings is 2. The highest BCUT2D eigenvalue weighted by Crippen LogP contribution is 2.47. The minimum atomic E-state index is -1.60. The van der Waals surface area contributed by atoms with Crippen molar-refractivity contribution in [2.45, 2.75) is 51.0 Å². The minimum Gasteiger partial charge on any atom is -0.374 e. The molecule has 20 nitrogen and oxygen atoms in total. The molecule has 4 N–H and O–H groups in total. The number of nitro groups is 2. The Balaban J connectivity index is 0.000000162. The van der Waals surface area contributed by atoms with Gasteiger partial charge >= 0.3 is 12.1 Å². The van der Waals surface area contributed by atoms with Crippen molar-refractivity contribution >= 4 is 58.4 Å². The van der Waals surface area contributed by atoms with E-state index < -0.39 is 74.6 Å². The number of nitrogens with zero attached hydrogens (tertiary/aromatic N) is 4. The molecule has 272 valence electrons. The van der Waals surface area contributed by atoms with Crippen molar-refractivity contribution in [3.05, 3.63) is 67.8 Å². The van der Waals surface area contributed by atoms with Gasteiger partial charge in [-0.25, -0.2) is 9.59 Å². The van der Waals surface area contributed by atoms with Gasteiger partial charge in [-0.1, -0.05) is 0 Å². The molecule has 8 rings (SSSR count). The van der Waals surface area contributed by atoms with Crippen LogP contribution in [0.3, 0.4) is 0 Å². The minimum absolute atomic E-state index is 0.0478. The van der Waals surface area contributed by atoms with Gasteiger partial charge in [-0.2, -0.15) is 0 Å². The Labute approximate surface area is 293 Å². The number of imide groups is 4. The number of ether oxygens (including phenoxy) is 2. The summed E-state index contributed by atoms with van der Waals surface area (Å²) in [6.07, 6.45) is -0.685. The van der Waals surface area contributed by atoms with Gasteiger partial charge in [0, 0.05) is 61.6 Å². The number of nitrogens with one attached hydrogen (secondary N) is 4. The third kappa shape index (κ3) is 5.20. The smallest absolute Gasteiger partial charge is 0.328 e. The van der Waals surface area contributed by atoms with Gasteiger partial charge < -0.3 is 19.3 Å². The van der Waals surface area contributed by atoms with E-state index in [9.17, 15) is 49.0 Å². The summed E-state index contributed by atoms with van der Waals surface area (Å²) in [6.45, 7) is 5.01. The summed E-state index contributed by atoms with van der Waals surface area (Å²) in [5.74, 6) is -2.85. The number of rotatable bonds is 2. The number of non-ortho nitro benzene ring substituents is 2. The van der Waals surface area contributed by atoms with Crippen LogP contribution in [0, 0.1) is 31.1 Å². The molecule has 2 aromatic rings. The number of carbonyl (C=O) groups is 6. The molecule has 4 atom stereocenters. The Hall–Kier alpha value is -6.02. The zero-order chi connectivity index (χ0) is 37.3. The van der Waals surface area contributed by atoms with Crippen LogP contribution in [0.2, 0.25) is 0 Å². The molecule has 8 amide bonds. The molecule has 2 aromatic carbocycles. The monoisotopic (exact) mass is 720 g/mol. The first-order valence-electron chi connectivity index (χ1n) is 16.3. The largest absolute Gasteiger partial charge is 0.374 e. The number of carbonyl (C=O) groups excluding carboxylic acids is 6. The number of hydrogen-bond donors (Lipinski definition) is 4. The third-order valence-electron chi connectivity index (χ3n) is 10.6. The molecular formula is C32H32N8O12. The van der Waals surface area contributed by atoms with Crippen molar-refractivity contribution in [1.82, 2.24) is 21.3 Å². The number of amides is 8. The van der Waals surface area contributed by atoms with Gasteiger partial charge in [-0.05, 0) is 37.1 Å². The Morgan fingerprint density at radius 2 is 1.19 bits per heavy atom. The summed E-state index contributed by atoms with van der Waals surface area (Å²) in [6, 6.07) is 5.86.